The lowest BCUT2D eigenvalue weighted by molar-refractivity contribution is -0.144. The minimum atomic E-state index is -0.954. The van der Waals surface area contributed by atoms with E-state index in [1.807, 2.05) is 18.2 Å². The number of rotatable bonds is 4. The lowest BCUT2D eigenvalue weighted by atomic mass is 9.72. The fourth-order valence-corrected chi connectivity index (χ4v) is 4.62. The number of aromatic nitrogens is 1. The highest BCUT2D eigenvalue weighted by Gasteiger charge is 2.43. The van der Waals surface area contributed by atoms with Crippen LogP contribution in [0.3, 0.4) is 0 Å². The maximum Gasteiger partial charge on any atom is 0.352 e. The Balaban J connectivity index is 1.88. The van der Waals surface area contributed by atoms with Crippen LogP contribution < -0.4 is 0 Å². The molecule has 6 heteroatoms. The summed E-state index contributed by atoms with van der Waals surface area (Å²) in [5.41, 5.74) is 2.96. The molecule has 2 aromatic rings. The number of piperidine rings is 1. The molecule has 1 aliphatic heterocycles. The lowest BCUT2D eigenvalue weighted by Gasteiger charge is -2.46. The summed E-state index contributed by atoms with van der Waals surface area (Å²) >= 11 is 0. The first kappa shape index (κ1) is 15.9. The first-order valence-corrected chi connectivity index (χ1v) is 8.45. The van der Waals surface area contributed by atoms with E-state index in [9.17, 15) is 19.8 Å². The fraction of sp³-hybridized carbons (Fsp3) is 0.368. The van der Waals surface area contributed by atoms with Gasteiger partial charge in [-0.1, -0.05) is 18.2 Å². The van der Waals surface area contributed by atoms with E-state index < -0.39 is 17.9 Å². The summed E-state index contributed by atoms with van der Waals surface area (Å²) in [7, 11) is 0. The predicted octanol–water partition coefficient (Wildman–Crippen LogP) is 2.47. The zero-order valence-corrected chi connectivity index (χ0v) is 13.7. The van der Waals surface area contributed by atoms with Crippen LogP contribution in [0.1, 0.15) is 34.0 Å². The van der Waals surface area contributed by atoms with Crippen molar-refractivity contribution in [3.8, 4) is 0 Å². The number of aliphatic carboxylic acids is 1. The second-order valence-corrected chi connectivity index (χ2v) is 6.94. The number of hydrogen-bond acceptors (Lipinski definition) is 3. The summed E-state index contributed by atoms with van der Waals surface area (Å²) in [5.74, 6) is -2.06. The molecular formula is C19H20N2O4. The SMILES string of the molecule is C=CCN1CC(C(=O)O)C[C@@H]2c3cccc4[nH]c(C(=O)O)c(c34)C[C@H]21. The third-order valence-electron chi connectivity index (χ3n) is 5.63. The first-order chi connectivity index (χ1) is 12.0. The lowest BCUT2D eigenvalue weighted by Crippen LogP contribution is -2.51. The number of carbonyl (C=O) groups is 2. The molecule has 0 saturated carbocycles. The third-order valence-corrected chi connectivity index (χ3v) is 5.63. The molecule has 1 aliphatic carbocycles. The van der Waals surface area contributed by atoms with Crippen LogP contribution in [0.2, 0.25) is 0 Å². The predicted molar refractivity (Wildman–Crippen MR) is 93.0 cm³/mol. The van der Waals surface area contributed by atoms with Crippen molar-refractivity contribution >= 4 is 22.8 Å². The van der Waals surface area contributed by atoms with Gasteiger partial charge in [0.25, 0.3) is 0 Å². The largest absolute Gasteiger partial charge is 0.481 e. The van der Waals surface area contributed by atoms with Gasteiger partial charge in [0.15, 0.2) is 0 Å². The Kier molecular flexibility index (Phi) is 3.65. The Morgan fingerprint density at radius 1 is 1.36 bits per heavy atom. The van der Waals surface area contributed by atoms with Crippen molar-refractivity contribution in [2.45, 2.75) is 24.8 Å². The highest BCUT2D eigenvalue weighted by Crippen LogP contribution is 2.45. The van der Waals surface area contributed by atoms with Gasteiger partial charge in [0.05, 0.1) is 5.92 Å². The number of carboxylic acids is 2. The number of aromatic amines is 1. The number of likely N-dealkylation sites (tertiary alicyclic amines) is 1. The number of fused-ring (bicyclic) bond motifs is 2. The van der Waals surface area contributed by atoms with Gasteiger partial charge < -0.3 is 15.2 Å². The molecule has 1 saturated heterocycles. The van der Waals surface area contributed by atoms with E-state index >= 15 is 0 Å². The zero-order valence-electron chi connectivity index (χ0n) is 13.7. The monoisotopic (exact) mass is 340 g/mol. The van der Waals surface area contributed by atoms with E-state index in [0.717, 1.165) is 22.0 Å². The van der Waals surface area contributed by atoms with Crippen LogP contribution in [0, 0.1) is 5.92 Å². The van der Waals surface area contributed by atoms with Crippen molar-refractivity contribution in [1.29, 1.82) is 0 Å². The van der Waals surface area contributed by atoms with Gasteiger partial charge in [-0.3, -0.25) is 9.69 Å². The van der Waals surface area contributed by atoms with Crippen molar-refractivity contribution in [3.63, 3.8) is 0 Å². The molecule has 2 aliphatic rings. The minimum Gasteiger partial charge on any atom is -0.481 e. The number of aromatic carboxylic acids is 1. The van der Waals surface area contributed by atoms with Gasteiger partial charge in [-0.05, 0) is 30.0 Å². The molecule has 25 heavy (non-hydrogen) atoms. The molecule has 3 N–H and O–H groups in total. The highest BCUT2D eigenvalue weighted by atomic mass is 16.4. The molecule has 130 valence electrons. The number of H-pyrrole nitrogens is 1. The van der Waals surface area contributed by atoms with Crippen LogP contribution in [0.4, 0.5) is 0 Å². The van der Waals surface area contributed by atoms with Crippen LogP contribution in [0.5, 0.6) is 0 Å². The average Bonchev–Trinajstić information content (AvgIpc) is 2.96. The Morgan fingerprint density at radius 2 is 2.16 bits per heavy atom. The van der Waals surface area contributed by atoms with E-state index in [1.165, 1.54) is 0 Å². The van der Waals surface area contributed by atoms with Crippen LogP contribution in [0.25, 0.3) is 10.9 Å². The molecule has 1 aromatic carbocycles. The molecule has 2 heterocycles. The summed E-state index contributed by atoms with van der Waals surface area (Å²) < 4.78 is 0. The number of hydrogen-bond donors (Lipinski definition) is 3. The number of benzene rings is 1. The standard InChI is InChI=1S/C19H20N2O4/c1-2-6-21-9-10(18(22)23)7-12-11-4-3-5-14-16(11)13(8-15(12)21)17(20-14)19(24)25/h2-5,10,12,15,20H,1,6-9H2,(H,22,23)(H,24,25)/t10?,12-,15-/m1/s1. The maximum atomic E-state index is 11.7. The average molecular weight is 340 g/mol. The smallest absolute Gasteiger partial charge is 0.352 e. The quantitative estimate of drug-likeness (QED) is 0.744. The number of nitrogens with one attached hydrogen (secondary N) is 1. The van der Waals surface area contributed by atoms with Gasteiger partial charge in [0.1, 0.15) is 5.69 Å². The molecule has 4 rings (SSSR count). The van der Waals surface area contributed by atoms with Crippen molar-refractivity contribution in [2.24, 2.45) is 5.92 Å². The Morgan fingerprint density at radius 3 is 2.84 bits per heavy atom. The molecular weight excluding hydrogens is 320 g/mol. The second-order valence-electron chi connectivity index (χ2n) is 6.94. The molecule has 0 radical (unpaired) electrons. The maximum absolute atomic E-state index is 11.7. The third kappa shape index (κ3) is 2.36. The Hall–Kier alpha value is -2.60. The number of carboxylic acid groups (broad SMARTS) is 2. The summed E-state index contributed by atoms with van der Waals surface area (Å²) in [6, 6.07) is 5.90. The van der Waals surface area contributed by atoms with Crippen molar-refractivity contribution in [1.82, 2.24) is 9.88 Å². The Labute approximate surface area is 144 Å². The van der Waals surface area contributed by atoms with Gasteiger partial charge in [-0.15, -0.1) is 6.58 Å². The van der Waals surface area contributed by atoms with Crippen molar-refractivity contribution in [3.05, 3.63) is 47.7 Å². The van der Waals surface area contributed by atoms with E-state index in [2.05, 4.69) is 16.5 Å². The summed E-state index contributed by atoms with van der Waals surface area (Å²) in [6.07, 6.45) is 2.98. The molecule has 6 nitrogen and oxygen atoms in total. The van der Waals surface area contributed by atoms with Crippen LogP contribution in [-0.2, 0) is 11.2 Å². The molecule has 1 aromatic heterocycles. The van der Waals surface area contributed by atoms with E-state index in [4.69, 9.17) is 0 Å². The molecule has 3 atom stereocenters. The van der Waals surface area contributed by atoms with E-state index in [0.29, 0.717) is 25.9 Å². The van der Waals surface area contributed by atoms with Crippen LogP contribution >= 0.6 is 0 Å². The van der Waals surface area contributed by atoms with E-state index in [-0.39, 0.29) is 17.7 Å². The molecule has 0 amide bonds. The number of nitrogens with zero attached hydrogens (tertiary/aromatic N) is 1. The fourth-order valence-electron chi connectivity index (χ4n) is 4.62. The normalized spacial score (nSPS) is 25.5. The van der Waals surface area contributed by atoms with Gasteiger partial charge >= 0.3 is 11.9 Å². The minimum absolute atomic E-state index is 0.0865. The van der Waals surface area contributed by atoms with Crippen molar-refractivity contribution in [2.75, 3.05) is 13.1 Å². The first-order valence-electron chi connectivity index (χ1n) is 8.45. The summed E-state index contributed by atoms with van der Waals surface area (Å²) in [5, 5.41) is 20.1. The van der Waals surface area contributed by atoms with Crippen LogP contribution in [-0.4, -0.2) is 51.2 Å². The van der Waals surface area contributed by atoms with Gasteiger partial charge in [0, 0.05) is 36.0 Å². The molecule has 1 fully saturated rings. The zero-order chi connectivity index (χ0) is 17.7. The van der Waals surface area contributed by atoms with E-state index in [1.54, 1.807) is 6.08 Å². The summed E-state index contributed by atoms with van der Waals surface area (Å²) in [4.78, 5) is 28.4. The Bertz CT molecular complexity index is 885. The molecule has 0 bridgehead atoms. The van der Waals surface area contributed by atoms with Gasteiger partial charge in [-0.25, -0.2) is 4.79 Å². The van der Waals surface area contributed by atoms with Gasteiger partial charge in [0.2, 0.25) is 0 Å². The summed E-state index contributed by atoms with van der Waals surface area (Å²) in [6.45, 7) is 4.86. The van der Waals surface area contributed by atoms with Crippen molar-refractivity contribution < 1.29 is 19.8 Å². The van der Waals surface area contributed by atoms with Crippen LogP contribution in [0.15, 0.2) is 30.9 Å². The molecule has 1 unspecified atom stereocenters. The van der Waals surface area contributed by atoms with Gasteiger partial charge in [-0.2, -0.15) is 0 Å². The topological polar surface area (TPSA) is 93.6 Å². The second kappa shape index (κ2) is 5.74. The highest BCUT2D eigenvalue weighted by molar-refractivity contribution is 5.99. The molecule has 0 spiro atoms.